The van der Waals surface area contributed by atoms with Gasteiger partial charge in [0.1, 0.15) is 17.3 Å². The highest BCUT2D eigenvalue weighted by molar-refractivity contribution is 6.10. The first-order chi connectivity index (χ1) is 11.4. The molecule has 1 amide bonds. The van der Waals surface area contributed by atoms with Gasteiger partial charge in [0.25, 0.3) is 0 Å². The number of carbonyl (C=O) groups is 2. The standard InChI is InChI=1S/C16H16FN5O2/c1-9(2)15-20-14(13(23)10(8-18)16(24)19-3)21-22(15)12-7-5-4-6-11(12)17/h4-7,9-10H,1-3H3,(H,19,24). The van der Waals surface area contributed by atoms with Gasteiger partial charge in [0, 0.05) is 13.0 Å². The maximum atomic E-state index is 14.0. The number of amides is 1. The number of carbonyl (C=O) groups excluding carboxylic acids is 2. The quantitative estimate of drug-likeness (QED) is 0.663. The molecule has 1 N–H and O–H groups in total. The van der Waals surface area contributed by atoms with Gasteiger partial charge in [-0.05, 0) is 12.1 Å². The Labute approximate surface area is 138 Å². The zero-order chi connectivity index (χ0) is 17.9. The second-order valence-electron chi connectivity index (χ2n) is 5.35. The number of nitriles is 1. The number of nitrogens with one attached hydrogen (secondary N) is 1. The van der Waals surface area contributed by atoms with Crippen molar-refractivity contribution in [3.05, 3.63) is 41.7 Å². The molecule has 0 saturated carbocycles. The van der Waals surface area contributed by atoms with E-state index in [-0.39, 0.29) is 17.4 Å². The highest BCUT2D eigenvalue weighted by Gasteiger charge is 2.31. The highest BCUT2D eigenvalue weighted by atomic mass is 19.1. The molecule has 0 fully saturated rings. The second-order valence-corrected chi connectivity index (χ2v) is 5.35. The van der Waals surface area contributed by atoms with Crippen molar-refractivity contribution in [3.63, 3.8) is 0 Å². The monoisotopic (exact) mass is 329 g/mol. The first kappa shape index (κ1) is 17.3. The second kappa shape index (κ2) is 7.00. The van der Waals surface area contributed by atoms with Crippen LogP contribution in [0.1, 0.15) is 36.2 Å². The molecule has 0 aliphatic carbocycles. The van der Waals surface area contributed by atoms with E-state index in [4.69, 9.17) is 5.26 Å². The van der Waals surface area contributed by atoms with Gasteiger partial charge < -0.3 is 5.32 Å². The van der Waals surface area contributed by atoms with Gasteiger partial charge in [-0.3, -0.25) is 9.59 Å². The van der Waals surface area contributed by atoms with E-state index in [9.17, 15) is 14.0 Å². The van der Waals surface area contributed by atoms with Crippen molar-refractivity contribution in [2.24, 2.45) is 5.92 Å². The van der Waals surface area contributed by atoms with Crippen LogP contribution in [0.4, 0.5) is 4.39 Å². The fourth-order valence-electron chi connectivity index (χ4n) is 2.11. The summed E-state index contributed by atoms with van der Waals surface area (Å²) in [6.07, 6.45) is 0. The number of ketones is 1. The van der Waals surface area contributed by atoms with Crippen molar-refractivity contribution in [3.8, 4) is 11.8 Å². The molecule has 1 aromatic carbocycles. The number of halogens is 1. The average molecular weight is 329 g/mol. The van der Waals surface area contributed by atoms with Crippen molar-refractivity contribution >= 4 is 11.7 Å². The summed E-state index contributed by atoms with van der Waals surface area (Å²) in [5.41, 5.74) is 0.140. The van der Waals surface area contributed by atoms with Crippen LogP contribution in [-0.4, -0.2) is 33.5 Å². The Balaban J connectivity index is 2.54. The van der Waals surface area contributed by atoms with Crippen LogP contribution in [0.15, 0.2) is 24.3 Å². The molecule has 7 nitrogen and oxygen atoms in total. The van der Waals surface area contributed by atoms with Gasteiger partial charge in [-0.25, -0.2) is 14.1 Å². The molecule has 2 aromatic rings. The number of aromatic nitrogens is 3. The van der Waals surface area contributed by atoms with Crippen molar-refractivity contribution in [2.45, 2.75) is 19.8 Å². The maximum absolute atomic E-state index is 14.0. The van der Waals surface area contributed by atoms with Gasteiger partial charge in [-0.15, -0.1) is 5.10 Å². The summed E-state index contributed by atoms with van der Waals surface area (Å²) >= 11 is 0. The van der Waals surface area contributed by atoms with E-state index in [0.717, 1.165) is 0 Å². The molecule has 0 aliphatic heterocycles. The van der Waals surface area contributed by atoms with Crippen molar-refractivity contribution in [1.29, 1.82) is 5.26 Å². The predicted molar refractivity (Wildman–Crippen MR) is 82.9 cm³/mol. The van der Waals surface area contributed by atoms with Gasteiger partial charge in [-0.1, -0.05) is 26.0 Å². The van der Waals surface area contributed by atoms with Crippen LogP contribution in [0, 0.1) is 23.1 Å². The first-order valence-electron chi connectivity index (χ1n) is 7.28. The molecule has 1 heterocycles. The lowest BCUT2D eigenvalue weighted by Crippen LogP contribution is -2.32. The number of hydrogen-bond acceptors (Lipinski definition) is 5. The molecule has 0 radical (unpaired) electrons. The lowest BCUT2D eigenvalue weighted by molar-refractivity contribution is -0.121. The lowest BCUT2D eigenvalue weighted by Gasteiger charge is -2.08. The van der Waals surface area contributed by atoms with E-state index < -0.39 is 23.4 Å². The molecule has 2 rings (SSSR count). The largest absolute Gasteiger partial charge is 0.358 e. The zero-order valence-electron chi connectivity index (χ0n) is 13.4. The van der Waals surface area contributed by atoms with Crippen molar-refractivity contribution < 1.29 is 14.0 Å². The summed E-state index contributed by atoms with van der Waals surface area (Å²) < 4.78 is 15.3. The molecular weight excluding hydrogens is 313 g/mol. The molecule has 0 saturated heterocycles. The molecule has 1 atom stereocenters. The summed E-state index contributed by atoms with van der Waals surface area (Å²) in [6, 6.07) is 7.58. The Kier molecular flexibility index (Phi) is 5.04. The average Bonchev–Trinajstić information content (AvgIpc) is 3.01. The predicted octanol–water partition coefficient (Wildman–Crippen LogP) is 1.60. The minimum absolute atomic E-state index is 0.140. The number of nitrogens with zero attached hydrogens (tertiary/aromatic N) is 4. The molecule has 0 bridgehead atoms. The minimum atomic E-state index is -1.55. The normalized spacial score (nSPS) is 11.8. The molecule has 1 unspecified atom stereocenters. The number of rotatable bonds is 5. The van der Waals surface area contributed by atoms with E-state index in [1.165, 1.54) is 29.9 Å². The third-order valence-electron chi connectivity index (χ3n) is 3.35. The Hall–Kier alpha value is -3.08. The van der Waals surface area contributed by atoms with Gasteiger partial charge in [0.05, 0.1) is 6.07 Å². The molecule has 0 spiro atoms. The van der Waals surface area contributed by atoms with Crippen LogP contribution in [-0.2, 0) is 4.79 Å². The van der Waals surface area contributed by atoms with Crippen LogP contribution in [0.25, 0.3) is 5.69 Å². The fraction of sp³-hybridized carbons (Fsp3) is 0.312. The number of hydrogen-bond donors (Lipinski definition) is 1. The van der Waals surface area contributed by atoms with Crippen LogP contribution >= 0.6 is 0 Å². The molecule has 124 valence electrons. The van der Waals surface area contributed by atoms with E-state index in [1.54, 1.807) is 12.1 Å². The van der Waals surface area contributed by atoms with Gasteiger partial charge in [0.15, 0.2) is 5.92 Å². The van der Waals surface area contributed by atoms with Gasteiger partial charge >= 0.3 is 0 Å². The van der Waals surface area contributed by atoms with E-state index >= 15 is 0 Å². The molecular formula is C16H16FN5O2. The third kappa shape index (κ3) is 3.15. The van der Waals surface area contributed by atoms with E-state index in [2.05, 4.69) is 15.4 Å². The van der Waals surface area contributed by atoms with Crippen molar-refractivity contribution in [2.75, 3.05) is 7.05 Å². The Morgan fingerprint density at radius 1 is 1.33 bits per heavy atom. The van der Waals surface area contributed by atoms with Gasteiger partial charge in [0.2, 0.25) is 17.5 Å². The summed E-state index contributed by atoms with van der Waals surface area (Å²) in [5, 5.41) is 15.3. The number of para-hydroxylation sites is 1. The van der Waals surface area contributed by atoms with Crippen LogP contribution in [0.2, 0.25) is 0 Å². The maximum Gasteiger partial charge on any atom is 0.245 e. The smallest absolute Gasteiger partial charge is 0.245 e. The summed E-state index contributed by atoms with van der Waals surface area (Å²) in [5.74, 6) is -3.73. The number of Topliss-reactive ketones (excluding diaryl/α,β-unsaturated/α-hetero) is 1. The molecule has 8 heteroatoms. The zero-order valence-corrected chi connectivity index (χ0v) is 13.4. The van der Waals surface area contributed by atoms with E-state index in [0.29, 0.717) is 5.82 Å². The summed E-state index contributed by atoms with van der Waals surface area (Å²) in [6.45, 7) is 3.63. The van der Waals surface area contributed by atoms with Crippen molar-refractivity contribution in [1.82, 2.24) is 20.1 Å². The fourth-order valence-corrected chi connectivity index (χ4v) is 2.11. The molecule has 0 aliphatic rings. The summed E-state index contributed by atoms with van der Waals surface area (Å²) in [7, 11) is 1.32. The Bertz CT molecular complexity index is 822. The lowest BCUT2D eigenvalue weighted by atomic mass is 10.0. The van der Waals surface area contributed by atoms with Crippen LogP contribution in [0.5, 0.6) is 0 Å². The minimum Gasteiger partial charge on any atom is -0.358 e. The molecule has 24 heavy (non-hydrogen) atoms. The summed E-state index contributed by atoms with van der Waals surface area (Å²) in [4.78, 5) is 28.1. The molecule has 1 aromatic heterocycles. The topological polar surface area (TPSA) is 101 Å². The Morgan fingerprint density at radius 2 is 2.00 bits per heavy atom. The first-order valence-corrected chi connectivity index (χ1v) is 7.28. The van der Waals surface area contributed by atoms with Crippen LogP contribution in [0.3, 0.4) is 0 Å². The Morgan fingerprint density at radius 3 is 2.54 bits per heavy atom. The van der Waals surface area contributed by atoms with Crippen LogP contribution < -0.4 is 5.32 Å². The highest BCUT2D eigenvalue weighted by Crippen LogP contribution is 2.20. The number of benzene rings is 1. The SMILES string of the molecule is CNC(=O)C(C#N)C(=O)c1nc(C(C)C)n(-c2ccccc2F)n1. The van der Waals surface area contributed by atoms with Gasteiger partial charge in [-0.2, -0.15) is 5.26 Å². The van der Waals surface area contributed by atoms with E-state index in [1.807, 2.05) is 13.8 Å². The third-order valence-corrected chi connectivity index (χ3v) is 3.35.